The lowest BCUT2D eigenvalue weighted by Gasteiger charge is -2.06. The van der Waals surface area contributed by atoms with Crippen LogP contribution >= 0.6 is 12.2 Å². The van der Waals surface area contributed by atoms with Crippen LogP contribution in [0.4, 0.5) is 0 Å². The minimum atomic E-state index is -1.12. The molecule has 1 rings (SSSR count). The van der Waals surface area contributed by atoms with Gasteiger partial charge in [-0.05, 0) is 6.08 Å². The molecule has 0 aromatic rings. The zero-order valence-corrected chi connectivity index (χ0v) is 6.39. The van der Waals surface area contributed by atoms with Crippen molar-refractivity contribution >= 4 is 23.1 Å². The monoisotopic (exact) mass is 170 g/mol. The van der Waals surface area contributed by atoms with Gasteiger partial charge in [-0.2, -0.15) is 0 Å². The third-order valence-electron chi connectivity index (χ3n) is 1.31. The van der Waals surface area contributed by atoms with E-state index in [1.165, 1.54) is 12.2 Å². The Morgan fingerprint density at radius 2 is 2.27 bits per heavy atom. The summed E-state index contributed by atoms with van der Waals surface area (Å²) in [6.45, 7) is 0. The lowest BCUT2D eigenvalue weighted by atomic mass is 10.1. The summed E-state index contributed by atoms with van der Waals surface area (Å²) in [5.74, 6) is -1.38. The third-order valence-corrected chi connectivity index (χ3v) is 1.60. The fourth-order valence-corrected chi connectivity index (χ4v) is 0.988. The first-order chi connectivity index (χ1) is 5.11. The van der Waals surface area contributed by atoms with Gasteiger partial charge in [0, 0.05) is 11.3 Å². The van der Waals surface area contributed by atoms with E-state index in [1.807, 2.05) is 0 Å². The molecule has 3 nitrogen and oxygen atoms in total. The third kappa shape index (κ3) is 1.65. The summed E-state index contributed by atoms with van der Waals surface area (Å²) < 4.78 is 0. The largest absolute Gasteiger partial charge is 0.507 e. The van der Waals surface area contributed by atoms with Crippen LogP contribution in [0.3, 0.4) is 0 Å². The smallest absolute Gasteiger partial charge is 0.339 e. The molecule has 2 N–H and O–H groups in total. The van der Waals surface area contributed by atoms with Crippen molar-refractivity contribution in [2.75, 3.05) is 0 Å². The highest BCUT2D eigenvalue weighted by Crippen LogP contribution is 2.14. The fourth-order valence-electron chi connectivity index (χ4n) is 0.793. The van der Waals surface area contributed by atoms with Gasteiger partial charge in [-0.15, -0.1) is 0 Å². The van der Waals surface area contributed by atoms with Crippen LogP contribution in [0.15, 0.2) is 23.5 Å². The maximum Gasteiger partial charge on any atom is 0.339 e. The van der Waals surface area contributed by atoms with E-state index in [0.717, 1.165) is 0 Å². The first-order valence-corrected chi connectivity index (χ1v) is 3.39. The van der Waals surface area contributed by atoms with Gasteiger partial charge in [0.25, 0.3) is 0 Å². The second-order valence-corrected chi connectivity index (χ2v) is 2.65. The summed E-state index contributed by atoms with van der Waals surface area (Å²) in [5.41, 5.74) is -0.0707. The summed E-state index contributed by atoms with van der Waals surface area (Å²) in [5, 5.41) is 17.5. The van der Waals surface area contributed by atoms with Crippen LogP contribution < -0.4 is 0 Å². The Morgan fingerprint density at radius 1 is 1.64 bits per heavy atom. The molecule has 1 aliphatic rings. The number of thiocarbonyl (C=S) groups is 1. The second kappa shape index (κ2) is 2.84. The predicted octanol–water partition coefficient (Wildman–Crippen LogP) is 1.21. The maximum atomic E-state index is 10.4. The molecule has 0 saturated heterocycles. The molecule has 0 atom stereocenters. The first-order valence-electron chi connectivity index (χ1n) is 2.98. The van der Waals surface area contributed by atoms with Gasteiger partial charge in [-0.3, -0.25) is 0 Å². The summed E-state index contributed by atoms with van der Waals surface area (Å²) in [6, 6.07) is 0. The van der Waals surface area contributed by atoms with Gasteiger partial charge >= 0.3 is 5.97 Å². The van der Waals surface area contributed by atoms with Crippen molar-refractivity contribution in [2.24, 2.45) is 0 Å². The second-order valence-electron chi connectivity index (χ2n) is 2.12. The number of hydrogen-bond donors (Lipinski definition) is 2. The van der Waals surface area contributed by atoms with Gasteiger partial charge in [-0.1, -0.05) is 18.3 Å². The van der Waals surface area contributed by atoms with E-state index in [9.17, 15) is 4.79 Å². The number of aliphatic carboxylic acids is 1. The van der Waals surface area contributed by atoms with Crippen LogP contribution in [0.1, 0.15) is 6.42 Å². The predicted molar refractivity (Wildman–Crippen MR) is 43.6 cm³/mol. The number of allylic oxidation sites excluding steroid dienone is 2. The number of aliphatic hydroxyl groups is 1. The van der Waals surface area contributed by atoms with E-state index in [0.29, 0.717) is 11.3 Å². The van der Waals surface area contributed by atoms with Crippen LogP contribution in [0, 0.1) is 0 Å². The summed E-state index contributed by atoms with van der Waals surface area (Å²) in [7, 11) is 0. The molecule has 0 fully saturated rings. The molecule has 0 aromatic carbocycles. The normalized spacial score (nSPS) is 17.3. The minimum absolute atomic E-state index is 0.0707. The summed E-state index contributed by atoms with van der Waals surface area (Å²) in [6.07, 6.45) is 3.11. The average molecular weight is 170 g/mol. The number of hydrogen-bond acceptors (Lipinski definition) is 3. The van der Waals surface area contributed by atoms with Crippen molar-refractivity contribution in [2.45, 2.75) is 6.42 Å². The standard InChI is InChI=1S/C7H6O3S/c8-6-3-4(11)1-2-5(6)7(9)10/h2-3,8H,1H2,(H,9,10). The molecular formula is C7H6O3S. The van der Waals surface area contributed by atoms with E-state index in [1.54, 1.807) is 0 Å². The van der Waals surface area contributed by atoms with E-state index in [4.69, 9.17) is 22.4 Å². The van der Waals surface area contributed by atoms with Gasteiger partial charge in [0.1, 0.15) is 5.76 Å². The Balaban J connectivity index is 2.94. The highest BCUT2D eigenvalue weighted by Gasteiger charge is 2.15. The van der Waals surface area contributed by atoms with E-state index < -0.39 is 5.97 Å². The SMILES string of the molecule is O=C(O)C1=CCC(=S)C=C1O. The Bertz CT molecular complexity index is 275. The van der Waals surface area contributed by atoms with Crippen molar-refractivity contribution in [1.82, 2.24) is 0 Å². The molecule has 0 heterocycles. The fraction of sp³-hybridized carbons (Fsp3) is 0.143. The van der Waals surface area contributed by atoms with Gasteiger partial charge in [0.05, 0.1) is 5.57 Å². The van der Waals surface area contributed by atoms with Crippen molar-refractivity contribution < 1.29 is 15.0 Å². The minimum Gasteiger partial charge on any atom is -0.507 e. The molecule has 0 aliphatic heterocycles. The van der Waals surface area contributed by atoms with Crippen molar-refractivity contribution in [3.8, 4) is 0 Å². The maximum absolute atomic E-state index is 10.4. The molecule has 4 heteroatoms. The molecular weight excluding hydrogens is 164 g/mol. The first kappa shape index (κ1) is 7.94. The van der Waals surface area contributed by atoms with Gasteiger partial charge < -0.3 is 10.2 Å². The Hall–Kier alpha value is -1.16. The van der Waals surface area contributed by atoms with Crippen LogP contribution in [0.2, 0.25) is 0 Å². The zero-order valence-electron chi connectivity index (χ0n) is 5.57. The molecule has 0 spiro atoms. The van der Waals surface area contributed by atoms with E-state index in [2.05, 4.69) is 0 Å². The van der Waals surface area contributed by atoms with Gasteiger partial charge in [-0.25, -0.2) is 4.79 Å². The lowest BCUT2D eigenvalue weighted by molar-refractivity contribution is -0.132. The highest BCUT2D eigenvalue weighted by atomic mass is 32.1. The molecule has 0 amide bonds. The zero-order chi connectivity index (χ0) is 8.43. The molecule has 0 unspecified atom stereocenters. The molecule has 0 aromatic heterocycles. The van der Waals surface area contributed by atoms with E-state index >= 15 is 0 Å². The lowest BCUT2D eigenvalue weighted by Crippen LogP contribution is -2.09. The quantitative estimate of drug-likeness (QED) is 0.581. The Labute approximate surface area is 68.7 Å². The molecule has 1 aliphatic carbocycles. The molecule has 0 radical (unpaired) electrons. The van der Waals surface area contributed by atoms with E-state index in [-0.39, 0.29) is 11.3 Å². The van der Waals surface area contributed by atoms with Crippen molar-refractivity contribution in [3.05, 3.63) is 23.5 Å². The van der Waals surface area contributed by atoms with Gasteiger partial charge in [0.15, 0.2) is 0 Å². The number of carboxylic acids is 1. The number of aliphatic hydroxyl groups excluding tert-OH is 1. The Morgan fingerprint density at radius 3 is 2.73 bits per heavy atom. The van der Waals surface area contributed by atoms with Crippen LogP contribution in [0.5, 0.6) is 0 Å². The highest BCUT2D eigenvalue weighted by molar-refractivity contribution is 7.80. The molecule has 0 saturated carbocycles. The van der Waals surface area contributed by atoms with Gasteiger partial charge in [0.2, 0.25) is 0 Å². The van der Waals surface area contributed by atoms with Crippen molar-refractivity contribution in [1.29, 1.82) is 0 Å². The molecule has 11 heavy (non-hydrogen) atoms. The summed E-state index contributed by atoms with van der Waals surface area (Å²) in [4.78, 5) is 10.9. The van der Waals surface area contributed by atoms with Crippen LogP contribution in [-0.2, 0) is 4.79 Å². The number of carbonyl (C=O) groups is 1. The number of carboxylic acid groups (broad SMARTS) is 1. The number of rotatable bonds is 1. The molecule has 58 valence electrons. The molecule has 0 bridgehead atoms. The summed E-state index contributed by atoms with van der Waals surface area (Å²) >= 11 is 4.75. The topological polar surface area (TPSA) is 57.5 Å². The van der Waals surface area contributed by atoms with Crippen LogP contribution in [-0.4, -0.2) is 21.0 Å². The van der Waals surface area contributed by atoms with Crippen molar-refractivity contribution in [3.63, 3.8) is 0 Å². The Kier molecular flexibility index (Phi) is 2.05. The van der Waals surface area contributed by atoms with Crippen LogP contribution in [0.25, 0.3) is 0 Å². The average Bonchev–Trinajstić information content (AvgIpc) is 1.85.